The third-order valence-electron chi connectivity index (χ3n) is 2.96. The first-order valence-electron chi connectivity index (χ1n) is 7.08. The van der Waals surface area contributed by atoms with Crippen molar-refractivity contribution in [3.8, 4) is 0 Å². The van der Waals surface area contributed by atoms with E-state index in [2.05, 4.69) is 20.8 Å². The number of hydrogen-bond acceptors (Lipinski definition) is 2. The summed E-state index contributed by atoms with van der Waals surface area (Å²) in [5, 5.41) is 0. The third-order valence-corrected chi connectivity index (χ3v) is 6.88. The van der Waals surface area contributed by atoms with Gasteiger partial charge in [0, 0.05) is 19.1 Å². The van der Waals surface area contributed by atoms with Crippen LogP contribution in [0.15, 0.2) is 0 Å². The van der Waals surface area contributed by atoms with Crippen molar-refractivity contribution in [1.82, 2.24) is 0 Å². The zero-order valence-corrected chi connectivity index (χ0v) is 13.5. The lowest BCUT2D eigenvalue weighted by molar-refractivity contribution is 0.163. The van der Waals surface area contributed by atoms with Crippen LogP contribution in [0.25, 0.3) is 0 Å². The molecular weight excluding hydrogens is 252 g/mol. The fraction of sp³-hybridized carbons (Fsp3) is 1.00. The van der Waals surface area contributed by atoms with E-state index in [0.717, 1.165) is 44.6 Å². The van der Waals surface area contributed by atoms with Crippen LogP contribution < -0.4 is 0 Å². The van der Waals surface area contributed by atoms with Gasteiger partial charge in [-0.3, -0.25) is 0 Å². The molecule has 17 heavy (non-hydrogen) atoms. The van der Waals surface area contributed by atoms with E-state index in [1.54, 1.807) is 0 Å². The highest BCUT2D eigenvalue weighted by atomic mass is 35.5. The summed E-state index contributed by atoms with van der Waals surface area (Å²) in [6.45, 7) is 8.28. The maximum Gasteiger partial charge on any atom is 0.337 e. The number of hydrogen-bond donors (Lipinski definition) is 0. The zero-order chi connectivity index (χ0) is 13.0. The highest BCUT2D eigenvalue weighted by Gasteiger charge is 2.34. The molecule has 0 atom stereocenters. The SMILES string of the molecule is CCCCO[Si](CC)(CCCCl)OCCCC. The van der Waals surface area contributed by atoms with Crippen molar-refractivity contribution in [3.05, 3.63) is 0 Å². The summed E-state index contributed by atoms with van der Waals surface area (Å²) < 4.78 is 12.3. The second kappa shape index (κ2) is 11.5. The van der Waals surface area contributed by atoms with Gasteiger partial charge in [0.25, 0.3) is 0 Å². The maximum absolute atomic E-state index is 6.13. The van der Waals surface area contributed by atoms with Crippen molar-refractivity contribution in [2.75, 3.05) is 19.1 Å². The van der Waals surface area contributed by atoms with Crippen molar-refractivity contribution in [3.63, 3.8) is 0 Å². The van der Waals surface area contributed by atoms with Crippen molar-refractivity contribution in [2.24, 2.45) is 0 Å². The van der Waals surface area contributed by atoms with Gasteiger partial charge in [-0.2, -0.15) is 0 Å². The van der Waals surface area contributed by atoms with Crippen molar-refractivity contribution < 1.29 is 8.85 Å². The van der Waals surface area contributed by atoms with E-state index in [-0.39, 0.29) is 0 Å². The van der Waals surface area contributed by atoms with Crippen LogP contribution in [-0.2, 0) is 8.85 Å². The molecule has 0 radical (unpaired) electrons. The predicted molar refractivity (Wildman–Crippen MR) is 78.1 cm³/mol. The van der Waals surface area contributed by atoms with Gasteiger partial charge < -0.3 is 8.85 Å². The van der Waals surface area contributed by atoms with Gasteiger partial charge in [0.05, 0.1) is 0 Å². The van der Waals surface area contributed by atoms with E-state index in [1.165, 1.54) is 12.8 Å². The highest BCUT2D eigenvalue weighted by molar-refractivity contribution is 6.67. The topological polar surface area (TPSA) is 18.5 Å². The van der Waals surface area contributed by atoms with Crippen LogP contribution in [0.1, 0.15) is 52.9 Å². The van der Waals surface area contributed by atoms with E-state index >= 15 is 0 Å². The van der Waals surface area contributed by atoms with Crippen LogP contribution in [0.5, 0.6) is 0 Å². The van der Waals surface area contributed by atoms with Crippen LogP contribution in [0.4, 0.5) is 0 Å². The summed E-state index contributed by atoms with van der Waals surface area (Å²) in [6, 6.07) is 2.08. The minimum Gasteiger partial charge on any atom is -0.394 e. The van der Waals surface area contributed by atoms with Gasteiger partial charge in [-0.1, -0.05) is 33.6 Å². The average Bonchev–Trinajstić information content (AvgIpc) is 2.36. The molecule has 0 aliphatic rings. The molecule has 0 fully saturated rings. The van der Waals surface area contributed by atoms with Crippen LogP contribution in [-0.4, -0.2) is 27.7 Å². The molecule has 0 aromatic heterocycles. The van der Waals surface area contributed by atoms with E-state index in [9.17, 15) is 0 Å². The van der Waals surface area contributed by atoms with E-state index in [1.807, 2.05) is 0 Å². The van der Waals surface area contributed by atoms with Gasteiger partial charge in [-0.05, 0) is 31.4 Å². The fourth-order valence-corrected chi connectivity index (χ4v) is 4.95. The monoisotopic (exact) mass is 280 g/mol. The Balaban J connectivity index is 4.17. The van der Waals surface area contributed by atoms with E-state index in [0.29, 0.717) is 5.88 Å². The Morgan fingerprint density at radius 1 is 0.882 bits per heavy atom. The number of alkyl halides is 1. The molecule has 0 bridgehead atoms. The molecule has 104 valence electrons. The Morgan fingerprint density at radius 2 is 1.41 bits per heavy atom. The first kappa shape index (κ1) is 17.4. The van der Waals surface area contributed by atoms with Gasteiger partial charge in [0.15, 0.2) is 0 Å². The van der Waals surface area contributed by atoms with E-state index in [4.69, 9.17) is 20.5 Å². The Hall–Kier alpha value is 0.427. The quantitative estimate of drug-likeness (QED) is 0.293. The Labute approximate surface area is 113 Å². The molecule has 0 aliphatic carbocycles. The number of unbranched alkanes of at least 4 members (excludes halogenated alkanes) is 2. The molecule has 0 amide bonds. The fourth-order valence-electron chi connectivity index (χ4n) is 1.71. The van der Waals surface area contributed by atoms with Gasteiger partial charge in [-0.25, -0.2) is 0 Å². The molecule has 0 rings (SSSR count). The smallest absolute Gasteiger partial charge is 0.337 e. The van der Waals surface area contributed by atoms with E-state index < -0.39 is 8.56 Å². The van der Waals surface area contributed by atoms with Gasteiger partial charge in [0.1, 0.15) is 0 Å². The summed E-state index contributed by atoms with van der Waals surface area (Å²) >= 11 is 5.80. The second-order valence-corrected chi connectivity index (χ2v) is 8.44. The van der Waals surface area contributed by atoms with Crippen molar-refractivity contribution in [1.29, 1.82) is 0 Å². The summed E-state index contributed by atoms with van der Waals surface area (Å²) in [6.07, 6.45) is 5.64. The van der Waals surface area contributed by atoms with Crippen molar-refractivity contribution >= 4 is 20.2 Å². The average molecular weight is 281 g/mol. The molecule has 0 aromatic carbocycles. The first-order chi connectivity index (χ1) is 8.24. The summed E-state index contributed by atoms with van der Waals surface area (Å²) in [7, 11) is -1.95. The van der Waals surface area contributed by atoms with Crippen LogP contribution in [0.3, 0.4) is 0 Å². The largest absolute Gasteiger partial charge is 0.394 e. The number of halogens is 1. The van der Waals surface area contributed by atoms with Crippen LogP contribution in [0.2, 0.25) is 12.1 Å². The lowest BCUT2D eigenvalue weighted by atomic mass is 10.4. The Morgan fingerprint density at radius 3 is 1.76 bits per heavy atom. The normalized spacial score (nSPS) is 12.0. The zero-order valence-electron chi connectivity index (χ0n) is 11.8. The highest BCUT2D eigenvalue weighted by Crippen LogP contribution is 2.22. The second-order valence-electron chi connectivity index (χ2n) is 4.46. The molecule has 0 aromatic rings. The molecule has 0 saturated heterocycles. The lowest BCUT2D eigenvalue weighted by Crippen LogP contribution is -2.42. The van der Waals surface area contributed by atoms with Crippen molar-refractivity contribution in [2.45, 2.75) is 65.0 Å². The van der Waals surface area contributed by atoms with Gasteiger partial charge >= 0.3 is 8.56 Å². The molecule has 0 saturated carbocycles. The standard InChI is InChI=1S/C13H29ClO2Si/c1-4-7-11-15-17(6-3,13-9-10-14)16-12-8-5-2/h4-13H2,1-3H3. The summed E-state index contributed by atoms with van der Waals surface area (Å²) in [4.78, 5) is 0. The molecule has 0 heterocycles. The molecule has 0 unspecified atom stereocenters. The lowest BCUT2D eigenvalue weighted by Gasteiger charge is -2.30. The molecule has 2 nitrogen and oxygen atoms in total. The molecule has 0 N–H and O–H groups in total. The molecule has 0 spiro atoms. The number of rotatable bonds is 12. The summed E-state index contributed by atoms with van der Waals surface area (Å²) in [5.74, 6) is 0.711. The molecule has 0 aliphatic heterocycles. The minimum absolute atomic E-state index is 0.711. The maximum atomic E-state index is 6.13. The minimum atomic E-state index is -1.95. The molecule has 4 heteroatoms. The molecular formula is C13H29ClO2Si. The Bertz CT molecular complexity index is 157. The van der Waals surface area contributed by atoms with Crippen LogP contribution >= 0.6 is 11.6 Å². The van der Waals surface area contributed by atoms with Gasteiger partial charge in [-0.15, -0.1) is 11.6 Å². The Kier molecular flexibility index (Phi) is 11.8. The summed E-state index contributed by atoms with van der Waals surface area (Å²) in [5.41, 5.74) is 0. The third kappa shape index (κ3) is 8.19. The van der Waals surface area contributed by atoms with Crippen LogP contribution in [0, 0.1) is 0 Å². The predicted octanol–water partition coefficient (Wildman–Crippen LogP) is 4.71. The van der Waals surface area contributed by atoms with Gasteiger partial charge in [0.2, 0.25) is 0 Å². The first-order valence-corrected chi connectivity index (χ1v) is 9.85.